The smallest absolute Gasteiger partial charge is 0.253 e. The van der Waals surface area contributed by atoms with Crippen molar-refractivity contribution in [2.45, 2.75) is 13.2 Å². The topological polar surface area (TPSA) is 30.5 Å². The summed E-state index contributed by atoms with van der Waals surface area (Å²) in [5.74, 6) is 0.566. The summed E-state index contributed by atoms with van der Waals surface area (Å²) in [5, 5.41) is 3.69. The van der Waals surface area contributed by atoms with E-state index in [1.165, 1.54) is 12.1 Å². The van der Waals surface area contributed by atoms with Gasteiger partial charge in [-0.2, -0.15) is 0 Å². The Morgan fingerprint density at radius 2 is 2.00 bits per heavy atom. The van der Waals surface area contributed by atoms with Gasteiger partial charge in [0.05, 0.1) is 6.54 Å². The van der Waals surface area contributed by atoms with Crippen LogP contribution in [0.2, 0.25) is 5.02 Å². The molecule has 1 aliphatic heterocycles. The van der Waals surface area contributed by atoms with Crippen LogP contribution in [0.4, 0.5) is 4.39 Å². The van der Waals surface area contributed by atoms with E-state index < -0.39 is 6.29 Å². The minimum Gasteiger partial charge on any atom is -0.449 e. The first-order valence-corrected chi connectivity index (χ1v) is 7.19. The highest BCUT2D eigenvalue weighted by molar-refractivity contribution is 6.33. The maximum Gasteiger partial charge on any atom is 0.253 e. The SMILES string of the molecule is CCNCC1Oc2cc(F)cc(-c3ccccc3Cl)c2O1. The van der Waals surface area contributed by atoms with Gasteiger partial charge in [0.15, 0.2) is 11.5 Å². The average Bonchev–Trinajstić information content (AvgIpc) is 2.87. The lowest BCUT2D eigenvalue weighted by atomic mass is 10.0. The van der Waals surface area contributed by atoms with Crippen LogP contribution in [0.25, 0.3) is 11.1 Å². The van der Waals surface area contributed by atoms with E-state index in [4.69, 9.17) is 21.1 Å². The minimum absolute atomic E-state index is 0.378. The van der Waals surface area contributed by atoms with Crippen LogP contribution in [0, 0.1) is 5.82 Å². The monoisotopic (exact) mass is 307 g/mol. The van der Waals surface area contributed by atoms with Crippen molar-refractivity contribution in [2.24, 2.45) is 0 Å². The number of hydrogen-bond donors (Lipinski definition) is 1. The quantitative estimate of drug-likeness (QED) is 0.930. The molecule has 1 N–H and O–H groups in total. The van der Waals surface area contributed by atoms with E-state index in [9.17, 15) is 4.39 Å². The first-order valence-electron chi connectivity index (χ1n) is 6.81. The summed E-state index contributed by atoms with van der Waals surface area (Å²) < 4.78 is 25.2. The van der Waals surface area contributed by atoms with Gasteiger partial charge in [-0.15, -0.1) is 0 Å². The van der Waals surface area contributed by atoms with Gasteiger partial charge < -0.3 is 14.8 Å². The van der Waals surface area contributed by atoms with Crippen molar-refractivity contribution in [3.63, 3.8) is 0 Å². The number of benzene rings is 2. The molecule has 1 aliphatic rings. The summed E-state index contributed by atoms with van der Waals surface area (Å²) in [7, 11) is 0. The zero-order chi connectivity index (χ0) is 14.8. The van der Waals surface area contributed by atoms with Crippen molar-refractivity contribution < 1.29 is 13.9 Å². The van der Waals surface area contributed by atoms with Gasteiger partial charge in [0.1, 0.15) is 5.82 Å². The number of halogens is 2. The zero-order valence-corrected chi connectivity index (χ0v) is 12.3. The first kappa shape index (κ1) is 14.2. The maximum absolute atomic E-state index is 13.8. The number of rotatable bonds is 4. The Morgan fingerprint density at radius 3 is 2.76 bits per heavy atom. The Labute approximate surface area is 127 Å². The normalized spacial score (nSPS) is 16.2. The zero-order valence-electron chi connectivity index (χ0n) is 11.5. The van der Waals surface area contributed by atoms with Crippen LogP contribution in [0.1, 0.15) is 6.92 Å². The van der Waals surface area contributed by atoms with Crippen LogP contribution in [-0.4, -0.2) is 19.4 Å². The summed E-state index contributed by atoms with van der Waals surface area (Å²) in [4.78, 5) is 0. The molecule has 0 saturated heterocycles. The Balaban J connectivity index is 2.00. The fourth-order valence-electron chi connectivity index (χ4n) is 2.30. The highest BCUT2D eigenvalue weighted by Crippen LogP contribution is 2.45. The summed E-state index contributed by atoms with van der Waals surface area (Å²) >= 11 is 6.20. The summed E-state index contributed by atoms with van der Waals surface area (Å²) in [6.07, 6.45) is -0.456. The highest BCUT2D eigenvalue weighted by atomic mass is 35.5. The molecule has 0 bridgehead atoms. The second-order valence-corrected chi connectivity index (χ2v) is 5.14. The summed E-state index contributed by atoms with van der Waals surface area (Å²) in [6.45, 7) is 3.34. The third-order valence-corrected chi connectivity index (χ3v) is 3.58. The van der Waals surface area contributed by atoms with Crippen LogP contribution < -0.4 is 14.8 Å². The molecule has 5 heteroatoms. The van der Waals surface area contributed by atoms with Crippen LogP contribution in [0.15, 0.2) is 36.4 Å². The van der Waals surface area contributed by atoms with Crippen molar-refractivity contribution in [1.29, 1.82) is 0 Å². The molecule has 0 saturated carbocycles. The largest absolute Gasteiger partial charge is 0.449 e. The van der Waals surface area contributed by atoms with Gasteiger partial charge >= 0.3 is 0 Å². The average molecular weight is 308 g/mol. The van der Waals surface area contributed by atoms with Crippen LogP contribution >= 0.6 is 11.6 Å². The fraction of sp³-hybridized carbons (Fsp3) is 0.250. The van der Waals surface area contributed by atoms with E-state index in [2.05, 4.69) is 5.32 Å². The van der Waals surface area contributed by atoms with Gasteiger partial charge in [0.2, 0.25) is 0 Å². The third kappa shape index (κ3) is 2.82. The highest BCUT2D eigenvalue weighted by Gasteiger charge is 2.28. The molecule has 3 nitrogen and oxygen atoms in total. The molecule has 1 heterocycles. The standard InChI is InChI=1S/C16H15ClFNO2/c1-2-19-9-15-20-14-8-10(18)7-12(16(14)21-15)11-5-3-4-6-13(11)17/h3-8,15,19H,2,9H2,1H3. The molecule has 2 aromatic carbocycles. The van der Waals surface area contributed by atoms with Crippen molar-refractivity contribution >= 4 is 11.6 Å². The Bertz CT molecular complexity index is 663. The molecule has 110 valence electrons. The predicted molar refractivity (Wildman–Crippen MR) is 80.4 cm³/mol. The van der Waals surface area contributed by atoms with Crippen molar-refractivity contribution in [3.05, 3.63) is 47.2 Å². The molecule has 21 heavy (non-hydrogen) atoms. The molecule has 1 atom stereocenters. The molecule has 0 spiro atoms. The lowest BCUT2D eigenvalue weighted by Crippen LogP contribution is -2.32. The Morgan fingerprint density at radius 1 is 1.19 bits per heavy atom. The second kappa shape index (κ2) is 5.92. The van der Waals surface area contributed by atoms with E-state index in [0.29, 0.717) is 28.6 Å². The number of fused-ring (bicyclic) bond motifs is 1. The van der Waals surface area contributed by atoms with Crippen LogP contribution in [-0.2, 0) is 0 Å². The van der Waals surface area contributed by atoms with E-state index in [0.717, 1.165) is 12.1 Å². The fourth-order valence-corrected chi connectivity index (χ4v) is 2.54. The molecule has 0 fully saturated rings. The molecule has 0 aromatic heterocycles. The molecule has 0 amide bonds. The lowest BCUT2D eigenvalue weighted by molar-refractivity contribution is 0.0506. The number of ether oxygens (including phenoxy) is 2. The molecule has 1 unspecified atom stereocenters. The van der Waals surface area contributed by atoms with Gasteiger partial charge in [-0.3, -0.25) is 0 Å². The third-order valence-electron chi connectivity index (χ3n) is 3.25. The minimum atomic E-state index is -0.456. The lowest BCUT2D eigenvalue weighted by Gasteiger charge is -2.11. The van der Waals surface area contributed by atoms with E-state index in [-0.39, 0.29) is 5.82 Å². The first-order chi connectivity index (χ1) is 10.2. The Kier molecular flexibility index (Phi) is 3.99. The second-order valence-electron chi connectivity index (χ2n) is 4.73. The van der Waals surface area contributed by atoms with E-state index >= 15 is 0 Å². The van der Waals surface area contributed by atoms with Gasteiger partial charge in [-0.1, -0.05) is 36.7 Å². The van der Waals surface area contributed by atoms with Gasteiger partial charge in [0.25, 0.3) is 6.29 Å². The van der Waals surface area contributed by atoms with Crippen molar-refractivity contribution in [1.82, 2.24) is 5.32 Å². The number of hydrogen-bond acceptors (Lipinski definition) is 3. The predicted octanol–water partition coefficient (Wildman–Crippen LogP) is 3.85. The van der Waals surface area contributed by atoms with Crippen LogP contribution in [0.3, 0.4) is 0 Å². The molecule has 2 aromatic rings. The molecular formula is C16H15ClFNO2. The Hall–Kier alpha value is -1.78. The number of likely N-dealkylation sites (N-methyl/N-ethyl adjacent to an activating group) is 1. The molecular weight excluding hydrogens is 293 g/mol. The van der Waals surface area contributed by atoms with Crippen molar-refractivity contribution in [3.8, 4) is 22.6 Å². The van der Waals surface area contributed by atoms with Crippen molar-refractivity contribution in [2.75, 3.05) is 13.1 Å². The van der Waals surface area contributed by atoms with Gasteiger partial charge in [-0.25, -0.2) is 4.39 Å². The maximum atomic E-state index is 13.8. The van der Waals surface area contributed by atoms with Gasteiger partial charge in [0, 0.05) is 22.2 Å². The molecule has 3 rings (SSSR count). The van der Waals surface area contributed by atoms with E-state index in [1.807, 2.05) is 25.1 Å². The van der Waals surface area contributed by atoms with E-state index in [1.54, 1.807) is 6.07 Å². The summed E-state index contributed by atoms with van der Waals surface area (Å²) in [6, 6.07) is 10.0. The molecule has 0 aliphatic carbocycles. The summed E-state index contributed by atoms with van der Waals surface area (Å²) in [5.41, 5.74) is 1.33. The van der Waals surface area contributed by atoms with Gasteiger partial charge in [-0.05, 0) is 18.7 Å². The molecule has 0 radical (unpaired) electrons. The number of nitrogens with one attached hydrogen (secondary N) is 1. The van der Waals surface area contributed by atoms with Crippen LogP contribution in [0.5, 0.6) is 11.5 Å².